The minimum Gasteiger partial charge on any atom is -0.310 e. The average molecular weight is 206 g/mol. The van der Waals surface area contributed by atoms with Gasteiger partial charge in [0, 0.05) is 5.41 Å². The van der Waals surface area contributed by atoms with Crippen LogP contribution in [0.25, 0.3) is 0 Å². The van der Waals surface area contributed by atoms with E-state index in [0.717, 1.165) is 25.7 Å². The molecule has 0 saturated carbocycles. The smallest absolute Gasteiger partial charge is 0.310 e. The second-order valence-corrected chi connectivity index (χ2v) is 4.90. The van der Waals surface area contributed by atoms with E-state index in [1.54, 1.807) is 0 Å². The zero-order valence-corrected chi connectivity index (χ0v) is 9.47. The molecule has 1 rings (SSSR count). The van der Waals surface area contributed by atoms with Gasteiger partial charge in [-0.1, -0.05) is 26.7 Å². The summed E-state index contributed by atoms with van der Waals surface area (Å²) in [5.74, 6) is 0. The van der Waals surface area contributed by atoms with E-state index in [1.807, 2.05) is 0 Å². The highest BCUT2D eigenvalue weighted by molar-refractivity contribution is 7.33. The van der Waals surface area contributed by atoms with Gasteiger partial charge in [0.15, 0.2) is 0 Å². The van der Waals surface area contributed by atoms with Crippen LogP contribution in [0, 0.1) is 5.41 Å². The Bertz CT molecular complexity index is 164. The predicted octanol–water partition coefficient (Wildman–Crippen LogP) is 3.01. The summed E-state index contributed by atoms with van der Waals surface area (Å²) in [5, 5.41) is 0. The van der Waals surface area contributed by atoms with Crippen molar-refractivity contribution in [3.63, 3.8) is 0 Å². The molecule has 13 heavy (non-hydrogen) atoms. The number of hydrogen-bond donors (Lipinski definition) is 0. The van der Waals surface area contributed by atoms with Crippen LogP contribution in [0.3, 0.4) is 0 Å². The Labute approximate surface area is 80.8 Å². The van der Waals surface area contributed by atoms with Crippen molar-refractivity contribution < 1.29 is 13.6 Å². The molecular formula is C9H19O3P. The van der Waals surface area contributed by atoms with Gasteiger partial charge in [-0.05, 0) is 12.8 Å². The van der Waals surface area contributed by atoms with E-state index in [-0.39, 0.29) is 5.41 Å². The molecule has 0 N–H and O–H groups in total. The minimum absolute atomic E-state index is 0.141. The van der Waals surface area contributed by atoms with Crippen molar-refractivity contribution in [1.29, 1.82) is 0 Å². The van der Waals surface area contributed by atoms with E-state index in [0.29, 0.717) is 13.2 Å². The van der Waals surface area contributed by atoms with E-state index in [9.17, 15) is 4.57 Å². The molecule has 0 aromatic heterocycles. The number of hydrogen-bond acceptors (Lipinski definition) is 3. The first-order valence-electron chi connectivity index (χ1n) is 5.02. The van der Waals surface area contributed by atoms with Gasteiger partial charge in [-0.15, -0.1) is 0 Å². The maximum atomic E-state index is 10.9. The lowest BCUT2D eigenvalue weighted by Crippen LogP contribution is -2.33. The third-order valence-corrected chi connectivity index (χ3v) is 3.31. The summed E-state index contributed by atoms with van der Waals surface area (Å²) in [4.78, 5) is 0. The Kier molecular flexibility index (Phi) is 4.43. The molecule has 1 saturated heterocycles. The van der Waals surface area contributed by atoms with Gasteiger partial charge in [0.25, 0.3) is 0 Å². The molecule has 0 amide bonds. The molecule has 0 unspecified atom stereocenters. The fourth-order valence-corrected chi connectivity index (χ4v) is 2.91. The van der Waals surface area contributed by atoms with Crippen LogP contribution in [-0.4, -0.2) is 13.2 Å². The fraction of sp³-hybridized carbons (Fsp3) is 1.00. The molecule has 0 atom stereocenters. The molecule has 0 aromatic rings. The van der Waals surface area contributed by atoms with Crippen molar-refractivity contribution in [3.8, 4) is 0 Å². The van der Waals surface area contributed by atoms with Crippen LogP contribution in [0.5, 0.6) is 0 Å². The standard InChI is InChI=1S/C9H19O3P/c1-3-5-9(6-4-2)7-11-13(10)12-8-9/h13H,3-8H2,1-2H3. The normalized spacial score (nSPS) is 23.2. The maximum Gasteiger partial charge on any atom is 0.319 e. The fourth-order valence-electron chi connectivity index (χ4n) is 1.98. The molecule has 0 spiro atoms. The van der Waals surface area contributed by atoms with Crippen molar-refractivity contribution in [3.05, 3.63) is 0 Å². The van der Waals surface area contributed by atoms with Crippen molar-refractivity contribution in [2.75, 3.05) is 13.2 Å². The van der Waals surface area contributed by atoms with Crippen molar-refractivity contribution >= 4 is 8.25 Å². The molecule has 1 aliphatic heterocycles. The molecule has 1 heterocycles. The highest BCUT2D eigenvalue weighted by Gasteiger charge is 2.34. The quantitative estimate of drug-likeness (QED) is 0.663. The molecular weight excluding hydrogens is 187 g/mol. The zero-order chi connectivity index (χ0) is 9.73. The lowest BCUT2D eigenvalue weighted by molar-refractivity contribution is 0.0140. The number of rotatable bonds is 4. The maximum absolute atomic E-state index is 10.9. The summed E-state index contributed by atoms with van der Waals surface area (Å²) in [6.45, 7) is 5.56. The molecule has 1 fully saturated rings. The molecule has 0 bridgehead atoms. The van der Waals surface area contributed by atoms with E-state index in [2.05, 4.69) is 13.8 Å². The molecule has 0 aromatic carbocycles. The molecule has 0 aliphatic carbocycles. The summed E-state index contributed by atoms with van der Waals surface area (Å²) in [6, 6.07) is 0. The summed E-state index contributed by atoms with van der Waals surface area (Å²) in [6.07, 6.45) is 4.48. The van der Waals surface area contributed by atoms with E-state index < -0.39 is 8.25 Å². The Hall–Kier alpha value is 0.150. The lowest BCUT2D eigenvalue weighted by atomic mass is 9.81. The monoisotopic (exact) mass is 206 g/mol. The van der Waals surface area contributed by atoms with Crippen LogP contribution < -0.4 is 0 Å². The lowest BCUT2D eigenvalue weighted by Gasteiger charge is -2.35. The van der Waals surface area contributed by atoms with Crippen LogP contribution in [-0.2, 0) is 13.6 Å². The molecule has 3 nitrogen and oxygen atoms in total. The van der Waals surface area contributed by atoms with Gasteiger partial charge in [0.2, 0.25) is 0 Å². The van der Waals surface area contributed by atoms with E-state index in [1.165, 1.54) is 0 Å². The van der Waals surface area contributed by atoms with Gasteiger partial charge < -0.3 is 9.05 Å². The second kappa shape index (κ2) is 5.14. The van der Waals surface area contributed by atoms with Gasteiger partial charge in [-0.25, -0.2) is 0 Å². The van der Waals surface area contributed by atoms with Gasteiger partial charge >= 0.3 is 8.25 Å². The Morgan fingerprint density at radius 3 is 2.00 bits per heavy atom. The second-order valence-electron chi connectivity index (χ2n) is 3.83. The highest BCUT2D eigenvalue weighted by atomic mass is 31.1. The van der Waals surface area contributed by atoms with Crippen molar-refractivity contribution in [2.45, 2.75) is 39.5 Å². The van der Waals surface area contributed by atoms with Gasteiger partial charge in [0.1, 0.15) is 0 Å². The van der Waals surface area contributed by atoms with Gasteiger partial charge in [-0.2, -0.15) is 0 Å². The molecule has 78 valence electrons. The van der Waals surface area contributed by atoms with Gasteiger partial charge in [0.05, 0.1) is 13.2 Å². The Balaban J connectivity index is 2.51. The minimum atomic E-state index is -2.15. The van der Waals surface area contributed by atoms with Crippen LogP contribution in [0.15, 0.2) is 0 Å². The van der Waals surface area contributed by atoms with Crippen molar-refractivity contribution in [1.82, 2.24) is 0 Å². The Morgan fingerprint density at radius 2 is 1.62 bits per heavy atom. The van der Waals surface area contributed by atoms with Crippen LogP contribution in [0.2, 0.25) is 0 Å². The Morgan fingerprint density at radius 1 is 1.15 bits per heavy atom. The first-order chi connectivity index (χ1) is 6.22. The largest absolute Gasteiger partial charge is 0.319 e. The summed E-state index contributed by atoms with van der Waals surface area (Å²) in [5.41, 5.74) is 0.141. The van der Waals surface area contributed by atoms with E-state index >= 15 is 0 Å². The first-order valence-corrected chi connectivity index (χ1v) is 6.24. The van der Waals surface area contributed by atoms with E-state index in [4.69, 9.17) is 9.05 Å². The first kappa shape index (κ1) is 11.2. The average Bonchev–Trinajstić information content (AvgIpc) is 2.11. The van der Waals surface area contributed by atoms with Crippen molar-refractivity contribution in [2.24, 2.45) is 5.41 Å². The molecule has 4 heteroatoms. The van der Waals surface area contributed by atoms with Crippen LogP contribution in [0.1, 0.15) is 39.5 Å². The summed E-state index contributed by atoms with van der Waals surface area (Å²) < 4.78 is 21.1. The topological polar surface area (TPSA) is 35.5 Å². The van der Waals surface area contributed by atoms with Crippen LogP contribution in [0.4, 0.5) is 0 Å². The molecule has 1 aliphatic rings. The van der Waals surface area contributed by atoms with Crippen LogP contribution >= 0.6 is 8.25 Å². The summed E-state index contributed by atoms with van der Waals surface area (Å²) in [7, 11) is -2.15. The molecule has 0 radical (unpaired) electrons. The SMILES string of the molecule is CCCC1(CCC)CO[PH](=O)OC1. The zero-order valence-electron chi connectivity index (χ0n) is 8.47. The third-order valence-electron chi connectivity index (χ3n) is 2.55. The highest BCUT2D eigenvalue weighted by Crippen LogP contribution is 2.42. The third kappa shape index (κ3) is 3.08. The summed E-state index contributed by atoms with van der Waals surface area (Å²) >= 11 is 0. The predicted molar refractivity (Wildman–Crippen MR) is 53.2 cm³/mol. The van der Waals surface area contributed by atoms with Gasteiger partial charge in [-0.3, -0.25) is 4.57 Å².